The number of pyridine rings is 3. The number of nitrogens with one attached hydrogen (secondary N) is 1. The van der Waals surface area contributed by atoms with Crippen molar-refractivity contribution in [1.82, 2.24) is 29.7 Å². The van der Waals surface area contributed by atoms with Crippen molar-refractivity contribution in [2.24, 2.45) is 7.05 Å². The van der Waals surface area contributed by atoms with E-state index in [4.69, 9.17) is 18.9 Å². The summed E-state index contributed by atoms with van der Waals surface area (Å²) in [5.41, 5.74) is 6.46. The topological polar surface area (TPSA) is 150 Å². The minimum Gasteiger partial charge on any atom is -0.490 e. The first-order valence-corrected chi connectivity index (χ1v) is 19.8. The van der Waals surface area contributed by atoms with E-state index in [1.807, 2.05) is 48.9 Å². The third-order valence-corrected chi connectivity index (χ3v) is 11.7. The standard InChI is InChI=1S/C45H41N7O7/c1-26-3-10-39(43(53)49-26)52-44(54)35-9-6-29(18-36(35)45(52)55)51-24-33(25-51)59-42-12-7-30(22-48-42)56-15-16-57-31-19-32(20-31)58-41-11-5-28(21-47-41)27-4-8-34-37-23-46-14-13-38(37)50(2)40(34)17-27/h4-9,11-14,17-18,21-23,31-33,39H,1,3,10,15-16,19-20,24-25H2,2H3,(H,49,53). The molecule has 14 heteroatoms. The van der Waals surface area contributed by atoms with Gasteiger partial charge < -0.3 is 33.7 Å². The smallest absolute Gasteiger partial charge is 0.262 e. The first-order valence-electron chi connectivity index (χ1n) is 19.8. The molecule has 4 aromatic heterocycles. The monoisotopic (exact) mass is 791 g/mol. The summed E-state index contributed by atoms with van der Waals surface area (Å²) in [7, 11) is 2.08. The Labute approximate surface area is 339 Å². The van der Waals surface area contributed by atoms with E-state index in [1.165, 1.54) is 5.39 Å². The number of amides is 3. The molecule has 1 aliphatic carbocycles. The second-order valence-electron chi connectivity index (χ2n) is 15.5. The fraction of sp³-hybridized carbons (Fsp3) is 0.289. The molecule has 3 amide bonds. The van der Waals surface area contributed by atoms with Crippen LogP contribution >= 0.6 is 0 Å². The molecule has 2 aromatic carbocycles. The van der Waals surface area contributed by atoms with Crippen molar-refractivity contribution in [3.05, 3.63) is 115 Å². The van der Waals surface area contributed by atoms with Gasteiger partial charge in [0.25, 0.3) is 11.8 Å². The van der Waals surface area contributed by atoms with Crippen molar-refractivity contribution in [2.75, 3.05) is 31.2 Å². The van der Waals surface area contributed by atoms with Gasteiger partial charge >= 0.3 is 0 Å². The predicted octanol–water partition coefficient (Wildman–Crippen LogP) is 5.84. The summed E-state index contributed by atoms with van der Waals surface area (Å²) >= 11 is 0. The zero-order chi connectivity index (χ0) is 40.2. The summed E-state index contributed by atoms with van der Waals surface area (Å²) in [4.78, 5) is 55.3. The molecule has 6 aromatic rings. The van der Waals surface area contributed by atoms with Gasteiger partial charge in [0, 0.05) is 83.8 Å². The summed E-state index contributed by atoms with van der Waals surface area (Å²) in [6.45, 7) is 5.80. The van der Waals surface area contributed by atoms with Crippen molar-refractivity contribution in [2.45, 2.75) is 50.0 Å². The summed E-state index contributed by atoms with van der Waals surface area (Å²) in [6.07, 6.45) is 9.79. The Morgan fingerprint density at radius 3 is 2.32 bits per heavy atom. The number of hydrogen-bond donors (Lipinski definition) is 1. The molecule has 14 nitrogen and oxygen atoms in total. The number of allylic oxidation sites excluding steroid dienone is 1. The lowest BCUT2D eigenvalue weighted by Crippen LogP contribution is -2.54. The van der Waals surface area contributed by atoms with Crippen LogP contribution in [0, 0.1) is 0 Å². The number of aromatic nitrogens is 4. The van der Waals surface area contributed by atoms with Crippen molar-refractivity contribution in [1.29, 1.82) is 0 Å². The van der Waals surface area contributed by atoms with E-state index in [0.717, 1.165) is 51.0 Å². The molecule has 0 radical (unpaired) electrons. The Bertz CT molecular complexity index is 2630. The highest BCUT2D eigenvalue weighted by molar-refractivity contribution is 6.23. The molecule has 7 heterocycles. The lowest BCUT2D eigenvalue weighted by atomic mass is 9.92. The number of nitrogens with zero attached hydrogens (tertiary/aromatic N) is 6. The first kappa shape index (κ1) is 36.5. The van der Waals surface area contributed by atoms with Gasteiger partial charge in [-0.05, 0) is 60.9 Å². The number of aryl methyl sites for hydroxylation is 1. The van der Waals surface area contributed by atoms with Gasteiger partial charge in [-0.15, -0.1) is 0 Å². The number of carbonyl (C=O) groups excluding carboxylic acids is 3. The summed E-state index contributed by atoms with van der Waals surface area (Å²) in [6, 6.07) is 20.4. The Morgan fingerprint density at radius 1 is 0.763 bits per heavy atom. The lowest BCUT2D eigenvalue weighted by Gasteiger charge is -2.40. The second kappa shape index (κ2) is 14.9. The number of rotatable bonds is 12. The van der Waals surface area contributed by atoms with E-state index in [0.29, 0.717) is 73.5 Å². The summed E-state index contributed by atoms with van der Waals surface area (Å²) < 4.78 is 26.2. The van der Waals surface area contributed by atoms with Crippen LogP contribution in [-0.4, -0.2) is 92.8 Å². The average molecular weight is 792 g/mol. The number of anilines is 1. The van der Waals surface area contributed by atoms with Crippen LogP contribution in [0.15, 0.2) is 104 Å². The highest BCUT2D eigenvalue weighted by atomic mass is 16.5. The van der Waals surface area contributed by atoms with Gasteiger partial charge in [-0.3, -0.25) is 24.3 Å². The number of ether oxygens (including phenoxy) is 4. The molecule has 10 rings (SSSR count). The summed E-state index contributed by atoms with van der Waals surface area (Å²) in [5.74, 6) is 0.441. The zero-order valence-electron chi connectivity index (χ0n) is 32.4. The van der Waals surface area contributed by atoms with E-state index in [2.05, 4.69) is 61.6 Å². The maximum absolute atomic E-state index is 13.3. The molecular weight excluding hydrogens is 751 g/mol. The van der Waals surface area contributed by atoms with Crippen LogP contribution in [0.5, 0.6) is 17.5 Å². The molecule has 4 aliphatic rings. The average Bonchev–Trinajstić information content (AvgIpc) is 3.64. The van der Waals surface area contributed by atoms with Gasteiger partial charge in [-0.2, -0.15) is 0 Å². The Hall–Kier alpha value is -6.80. The molecule has 0 spiro atoms. The van der Waals surface area contributed by atoms with Gasteiger partial charge in [0.15, 0.2) is 0 Å². The van der Waals surface area contributed by atoms with Crippen molar-refractivity contribution in [3.8, 4) is 28.6 Å². The highest BCUT2D eigenvalue weighted by Gasteiger charge is 2.44. The van der Waals surface area contributed by atoms with Crippen molar-refractivity contribution < 1.29 is 33.3 Å². The van der Waals surface area contributed by atoms with Gasteiger partial charge in [0.1, 0.15) is 30.6 Å². The van der Waals surface area contributed by atoms with Gasteiger partial charge in [0.05, 0.1) is 48.6 Å². The molecule has 59 heavy (non-hydrogen) atoms. The van der Waals surface area contributed by atoms with E-state index in [1.54, 1.807) is 24.4 Å². The molecule has 2 saturated heterocycles. The van der Waals surface area contributed by atoms with Crippen LogP contribution in [0.25, 0.3) is 32.9 Å². The minimum absolute atomic E-state index is 0.0625. The fourth-order valence-electron chi connectivity index (χ4n) is 8.30. The third kappa shape index (κ3) is 6.88. The molecule has 1 N–H and O–H groups in total. The molecule has 1 unspecified atom stereocenters. The summed E-state index contributed by atoms with van der Waals surface area (Å²) in [5, 5.41) is 4.99. The second-order valence-corrected chi connectivity index (χ2v) is 15.5. The molecule has 298 valence electrons. The SMILES string of the molecule is C=C1CCC(N2C(=O)c3ccc(N4CC(Oc5ccc(OCCOC6CC(Oc7ccc(-c8ccc9c%10cnccc%10n(C)c9c8)cn7)C6)cn5)C4)cc3C2=O)C(=O)N1. The van der Waals surface area contributed by atoms with Crippen molar-refractivity contribution in [3.63, 3.8) is 0 Å². The largest absolute Gasteiger partial charge is 0.490 e. The number of carbonyl (C=O) groups is 3. The van der Waals surface area contributed by atoms with E-state index >= 15 is 0 Å². The van der Waals surface area contributed by atoms with Crippen LogP contribution < -0.4 is 24.4 Å². The van der Waals surface area contributed by atoms with Crippen LogP contribution in [0.3, 0.4) is 0 Å². The quantitative estimate of drug-likeness (QED) is 0.118. The first-order chi connectivity index (χ1) is 28.8. The van der Waals surface area contributed by atoms with Crippen LogP contribution in [0.1, 0.15) is 46.4 Å². The number of benzene rings is 2. The fourth-order valence-corrected chi connectivity index (χ4v) is 8.30. The Kier molecular flexibility index (Phi) is 9.20. The van der Waals surface area contributed by atoms with Crippen LogP contribution in [-0.2, 0) is 16.6 Å². The third-order valence-electron chi connectivity index (χ3n) is 11.7. The predicted molar refractivity (Wildman–Crippen MR) is 218 cm³/mol. The minimum atomic E-state index is -0.837. The molecule has 1 saturated carbocycles. The molecule has 0 bridgehead atoms. The van der Waals surface area contributed by atoms with Crippen LogP contribution in [0.4, 0.5) is 5.69 Å². The number of piperidine rings is 1. The maximum atomic E-state index is 13.3. The molecule has 1 atom stereocenters. The molecular formula is C45H41N7O7. The molecule has 3 fully saturated rings. The normalized spacial score (nSPS) is 20.4. The van der Waals surface area contributed by atoms with E-state index < -0.39 is 17.9 Å². The number of fused-ring (bicyclic) bond motifs is 4. The maximum Gasteiger partial charge on any atom is 0.262 e. The van der Waals surface area contributed by atoms with Gasteiger partial charge in [-0.1, -0.05) is 18.7 Å². The Balaban J connectivity index is 0.632. The Morgan fingerprint density at radius 2 is 1.54 bits per heavy atom. The van der Waals surface area contributed by atoms with E-state index in [9.17, 15) is 14.4 Å². The number of hydrogen-bond acceptors (Lipinski definition) is 11. The van der Waals surface area contributed by atoms with E-state index in [-0.39, 0.29) is 24.2 Å². The van der Waals surface area contributed by atoms with Crippen LogP contribution in [0.2, 0.25) is 0 Å². The van der Waals surface area contributed by atoms with Crippen molar-refractivity contribution >= 4 is 45.2 Å². The lowest BCUT2D eigenvalue weighted by molar-refractivity contribution is -0.125. The molecule has 3 aliphatic heterocycles. The highest BCUT2D eigenvalue weighted by Crippen LogP contribution is 2.35. The van der Waals surface area contributed by atoms with Gasteiger partial charge in [0.2, 0.25) is 17.7 Å². The zero-order valence-corrected chi connectivity index (χ0v) is 32.4. The van der Waals surface area contributed by atoms with Gasteiger partial charge in [-0.25, -0.2) is 9.97 Å². The number of imide groups is 1.